The van der Waals surface area contributed by atoms with Crippen molar-refractivity contribution in [3.63, 3.8) is 0 Å². The van der Waals surface area contributed by atoms with Gasteiger partial charge in [-0.2, -0.15) is 5.26 Å². The van der Waals surface area contributed by atoms with Crippen LogP contribution >= 0.6 is 0 Å². The quantitative estimate of drug-likeness (QED) is 0.705. The van der Waals surface area contributed by atoms with Gasteiger partial charge in [0.05, 0.1) is 38.9 Å². The maximum atomic E-state index is 13.7. The Morgan fingerprint density at radius 3 is 2.55 bits per heavy atom. The standard InChI is InChI=1S/C24H28N4O5/c1-15-12-20-22(24(29)28(15)7-6-27-8-10-32-11-9-27)21(17(14-25)23(26)33-20)16-4-5-18(30-2)19(13-16)31-3/h4-5,12-13,21H,6-11,26H2,1-3H3/t21-/m1/s1. The molecule has 0 bridgehead atoms. The van der Waals surface area contributed by atoms with Gasteiger partial charge in [-0.25, -0.2) is 0 Å². The van der Waals surface area contributed by atoms with Crippen molar-refractivity contribution >= 4 is 0 Å². The Hall–Kier alpha value is -3.48. The second-order valence-electron chi connectivity index (χ2n) is 8.01. The molecular formula is C24H28N4O5. The number of aromatic nitrogens is 1. The molecule has 0 saturated carbocycles. The van der Waals surface area contributed by atoms with Crippen LogP contribution in [0.3, 0.4) is 0 Å². The van der Waals surface area contributed by atoms with Crippen molar-refractivity contribution < 1.29 is 18.9 Å². The van der Waals surface area contributed by atoms with Crippen LogP contribution in [0.2, 0.25) is 0 Å². The van der Waals surface area contributed by atoms with Gasteiger partial charge < -0.3 is 29.2 Å². The van der Waals surface area contributed by atoms with Gasteiger partial charge in [-0.05, 0) is 24.6 Å². The van der Waals surface area contributed by atoms with E-state index < -0.39 is 5.92 Å². The average molecular weight is 453 g/mol. The number of nitriles is 1. The predicted molar refractivity (Wildman–Crippen MR) is 122 cm³/mol. The number of nitrogens with two attached hydrogens (primary N) is 1. The smallest absolute Gasteiger partial charge is 0.258 e. The van der Waals surface area contributed by atoms with Crippen LogP contribution in [0.1, 0.15) is 22.7 Å². The maximum absolute atomic E-state index is 13.7. The molecule has 4 rings (SSSR count). The van der Waals surface area contributed by atoms with Crippen molar-refractivity contribution in [3.8, 4) is 23.3 Å². The maximum Gasteiger partial charge on any atom is 0.258 e. The Labute approximate surface area is 192 Å². The monoisotopic (exact) mass is 452 g/mol. The number of morpholine rings is 1. The Balaban J connectivity index is 1.80. The van der Waals surface area contributed by atoms with Crippen LogP contribution in [0, 0.1) is 18.3 Å². The lowest BCUT2D eigenvalue weighted by Crippen LogP contribution is -2.40. The molecule has 2 N–H and O–H groups in total. The SMILES string of the molecule is COc1ccc([C@@H]2C(C#N)=C(N)Oc3cc(C)n(CCN4CCOCC4)c(=O)c32)cc1OC. The number of nitrogens with zero attached hydrogens (tertiary/aromatic N) is 3. The highest BCUT2D eigenvalue weighted by atomic mass is 16.5. The molecule has 0 aliphatic carbocycles. The van der Waals surface area contributed by atoms with Crippen molar-refractivity contribution in [1.29, 1.82) is 5.26 Å². The number of fused-ring (bicyclic) bond motifs is 1. The molecule has 2 aliphatic heterocycles. The predicted octanol–water partition coefficient (Wildman–Crippen LogP) is 1.72. The van der Waals surface area contributed by atoms with E-state index in [4.69, 9.17) is 24.7 Å². The summed E-state index contributed by atoms with van der Waals surface area (Å²) in [5.74, 6) is 0.738. The third-order valence-corrected chi connectivity index (χ3v) is 6.17. The zero-order valence-electron chi connectivity index (χ0n) is 19.1. The molecule has 2 aliphatic rings. The Bertz CT molecular complexity index is 1170. The van der Waals surface area contributed by atoms with E-state index in [2.05, 4.69) is 11.0 Å². The molecule has 0 unspecified atom stereocenters. The normalized spacial score (nSPS) is 18.3. The first-order valence-electron chi connectivity index (χ1n) is 10.8. The number of aryl methyl sites for hydroxylation is 1. The molecule has 1 aromatic heterocycles. The van der Waals surface area contributed by atoms with E-state index in [1.807, 2.05) is 19.1 Å². The topological polar surface area (TPSA) is 112 Å². The first-order chi connectivity index (χ1) is 16.0. The zero-order valence-corrected chi connectivity index (χ0v) is 19.1. The van der Waals surface area contributed by atoms with Crippen LogP contribution in [0.15, 0.2) is 40.5 Å². The van der Waals surface area contributed by atoms with Crippen molar-refractivity contribution in [1.82, 2.24) is 9.47 Å². The fourth-order valence-electron chi connectivity index (χ4n) is 4.40. The molecule has 3 heterocycles. The highest BCUT2D eigenvalue weighted by molar-refractivity contribution is 5.57. The van der Waals surface area contributed by atoms with Crippen LogP contribution in [0.25, 0.3) is 0 Å². The number of pyridine rings is 1. The fourth-order valence-corrected chi connectivity index (χ4v) is 4.40. The molecule has 1 atom stereocenters. The molecule has 0 radical (unpaired) electrons. The van der Waals surface area contributed by atoms with Crippen LogP contribution in [0.4, 0.5) is 0 Å². The summed E-state index contributed by atoms with van der Waals surface area (Å²) in [6, 6.07) is 9.27. The van der Waals surface area contributed by atoms with Crippen LogP contribution in [0.5, 0.6) is 17.2 Å². The second kappa shape index (κ2) is 9.57. The van der Waals surface area contributed by atoms with E-state index in [0.29, 0.717) is 48.1 Å². The lowest BCUT2D eigenvalue weighted by Gasteiger charge is -2.29. The van der Waals surface area contributed by atoms with E-state index in [-0.39, 0.29) is 17.0 Å². The summed E-state index contributed by atoms with van der Waals surface area (Å²) in [4.78, 5) is 16.0. The van der Waals surface area contributed by atoms with Gasteiger partial charge in [0.15, 0.2) is 11.5 Å². The van der Waals surface area contributed by atoms with Gasteiger partial charge in [-0.1, -0.05) is 6.07 Å². The molecule has 9 nitrogen and oxygen atoms in total. The number of rotatable bonds is 6. The lowest BCUT2D eigenvalue weighted by atomic mass is 9.84. The van der Waals surface area contributed by atoms with Crippen molar-refractivity contribution in [2.75, 3.05) is 47.1 Å². The summed E-state index contributed by atoms with van der Waals surface area (Å²) < 4.78 is 23.7. The molecule has 0 spiro atoms. The Morgan fingerprint density at radius 1 is 1.15 bits per heavy atom. The molecule has 1 saturated heterocycles. The third kappa shape index (κ3) is 4.27. The van der Waals surface area contributed by atoms with E-state index in [1.165, 1.54) is 7.11 Å². The summed E-state index contributed by atoms with van der Waals surface area (Å²) >= 11 is 0. The molecule has 9 heteroatoms. The molecule has 174 valence electrons. The van der Waals surface area contributed by atoms with Crippen LogP contribution < -0.4 is 25.5 Å². The Kier molecular flexibility index (Phi) is 6.58. The number of hydrogen-bond donors (Lipinski definition) is 1. The first kappa shape index (κ1) is 22.7. The zero-order chi connectivity index (χ0) is 23.5. The summed E-state index contributed by atoms with van der Waals surface area (Å²) in [7, 11) is 3.09. The van der Waals surface area contributed by atoms with E-state index in [0.717, 1.165) is 25.3 Å². The van der Waals surface area contributed by atoms with Gasteiger partial charge in [-0.15, -0.1) is 0 Å². The van der Waals surface area contributed by atoms with Crippen molar-refractivity contribution in [2.45, 2.75) is 19.4 Å². The lowest BCUT2D eigenvalue weighted by molar-refractivity contribution is 0.0362. The third-order valence-electron chi connectivity index (χ3n) is 6.17. The van der Waals surface area contributed by atoms with Gasteiger partial charge in [0.25, 0.3) is 5.56 Å². The molecule has 2 aromatic rings. The average Bonchev–Trinajstić information content (AvgIpc) is 2.83. The summed E-state index contributed by atoms with van der Waals surface area (Å²) in [6.45, 7) is 6.20. The first-order valence-corrected chi connectivity index (χ1v) is 10.8. The molecular weight excluding hydrogens is 424 g/mol. The summed E-state index contributed by atoms with van der Waals surface area (Å²) in [6.07, 6.45) is 0. The Morgan fingerprint density at radius 2 is 1.88 bits per heavy atom. The van der Waals surface area contributed by atoms with Crippen LogP contribution in [-0.2, 0) is 11.3 Å². The van der Waals surface area contributed by atoms with Crippen LogP contribution in [-0.4, -0.2) is 56.5 Å². The van der Waals surface area contributed by atoms with Crippen molar-refractivity contribution in [3.05, 3.63) is 62.9 Å². The summed E-state index contributed by atoms with van der Waals surface area (Å²) in [5.41, 5.74) is 7.95. The molecule has 1 fully saturated rings. The molecule has 0 amide bonds. The van der Waals surface area contributed by atoms with Gasteiger partial charge in [-0.3, -0.25) is 9.69 Å². The van der Waals surface area contributed by atoms with E-state index in [9.17, 15) is 10.1 Å². The fraction of sp³-hybridized carbons (Fsp3) is 0.417. The minimum absolute atomic E-state index is 0.00495. The highest BCUT2D eigenvalue weighted by Crippen LogP contribution is 2.42. The number of allylic oxidation sites excluding steroid dienone is 1. The highest BCUT2D eigenvalue weighted by Gasteiger charge is 2.35. The van der Waals surface area contributed by atoms with Gasteiger partial charge in [0.2, 0.25) is 5.88 Å². The van der Waals surface area contributed by atoms with E-state index in [1.54, 1.807) is 23.8 Å². The summed E-state index contributed by atoms with van der Waals surface area (Å²) in [5, 5.41) is 9.88. The second-order valence-corrected chi connectivity index (χ2v) is 8.01. The minimum Gasteiger partial charge on any atom is -0.493 e. The largest absolute Gasteiger partial charge is 0.493 e. The van der Waals surface area contributed by atoms with Gasteiger partial charge in [0.1, 0.15) is 17.4 Å². The number of ether oxygens (including phenoxy) is 4. The number of hydrogen-bond acceptors (Lipinski definition) is 8. The molecule has 1 aromatic carbocycles. The van der Waals surface area contributed by atoms with Crippen molar-refractivity contribution in [2.24, 2.45) is 5.73 Å². The van der Waals surface area contributed by atoms with Gasteiger partial charge >= 0.3 is 0 Å². The van der Waals surface area contributed by atoms with Gasteiger partial charge in [0, 0.05) is 37.9 Å². The minimum atomic E-state index is -0.679. The van der Waals surface area contributed by atoms with E-state index >= 15 is 0 Å². The number of methoxy groups -OCH3 is 2. The number of benzene rings is 1. The molecule has 33 heavy (non-hydrogen) atoms.